The normalized spacial score (nSPS) is 19.7. The lowest BCUT2D eigenvalue weighted by Gasteiger charge is -2.43. The second-order valence-corrected chi connectivity index (χ2v) is 9.45. The fourth-order valence-corrected chi connectivity index (χ4v) is 5.75. The van der Waals surface area contributed by atoms with E-state index in [4.69, 9.17) is 0 Å². The van der Waals surface area contributed by atoms with Gasteiger partial charge in [-0.3, -0.25) is 9.69 Å². The third-order valence-corrected chi connectivity index (χ3v) is 7.20. The number of benzene rings is 3. The highest BCUT2D eigenvalue weighted by Gasteiger charge is 2.35. The molecular formula is C29H25N3O. The van der Waals surface area contributed by atoms with E-state index in [0.29, 0.717) is 17.4 Å². The van der Waals surface area contributed by atoms with E-state index in [2.05, 4.69) is 53.4 Å². The molecule has 0 aliphatic carbocycles. The summed E-state index contributed by atoms with van der Waals surface area (Å²) in [6.07, 6.45) is 1.14. The monoisotopic (exact) mass is 431 g/mol. The molecule has 2 aliphatic rings. The summed E-state index contributed by atoms with van der Waals surface area (Å²) < 4.78 is 2.04. The van der Waals surface area contributed by atoms with Gasteiger partial charge in [-0.2, -0.15) is 5.26 Å². The Morgan fingerprint density at radius 2 is 1.76 bits per heavy atom. The topological polar surface area (TPSA) is 49.0 Å². The van der Waals surface area contributed by atoms with Crippen LogP contribution in [0.25, 0.3) is 21.9 Å². The van der Waals surface area contributed by atoms with Crippen molar-refractivity contribution in [2.45, 2.75) is 25.4 Å². The van der Waals surface area contributed by atoms with Crippen LogP contribution in [-0.2, 0) is 13.1 Å². The van der Waals surface area contributed by atoms with E-state index in [1.54, 1.807) is 0 Å². The lowest BCUT2D eigenvalue weighted by Crippen LogP contribution is -2.46. The first-order chi connectivity index (χ1) is 16.2. The van der Waals surface area contributed by atoms with Crippen LogP contribution in [0.4, 0.5) is 0 Å². The zero-order valence-electron chi connectivity index (χ0n) is 18.4. The van der Waals surface area contributed by atoms with Crippen molar-refractivity contribution in [3.05, 3.63) is 106 Å². The first-order valence-electron chi connectivity index (χ1n) is 11.6. The molecule has 0 unspecified atom stereocenters. The molecule has 0 spiro atoms. The molecule has 162 valence electrons. The van der Waals surface area contributed by atoms with Gasteiger partial charge >= 0.3 is 0 Å². The van der Waals surface area contributed by atoms with Crippen molar-refractivity contribution in [1.82, 2.24) is 9.47 Å². The summed E-state index contributed by atoms with van der Waals surface area (Å²) in [6, 6.07) is 28.9. The maximum atomic E-state index is 13.5. The Labute approximate surface area is 193 Å². The number of nitrogens with zero attached hydrogens (tertiary/aromatic N) is 3. The first kappa shape index (κ1) is 20.0. The van der Waals surface area contributed by atoms with E-state index >= 15 is 0 Å². The molecule has 0 radical (unpaired) electrons. The molecule has 1 saturated heterocycles. The van der Waals surface area contributed by atoms with Gasteiger partial charge in [0.05, 0.1) is 11.6 Å². The maximum Gasteiger partial charge on any atom is 0.258 e. The van der Waals surface area contributed by atoms with Crippen molar-refractivity contribution < 1.29 is 0 Å². The van der Waals surface area contributed by atoms with Crippen LogP contribution in [0.2, 0.25) is 0 Å². The largest absolute Gasteiger partial charge is 0.311 e. The van der Waals surface area contributed by atoms with Crippen molar-refractivity contribution >= 4 is 10.8 Å². The molecule has 33 heavy (non-hydrogen) atoms. The van der Waals surface area contributed by atoms with Gasteiger partial charge in [0, 0.05) is 43.4 Å². The Kier molecular flexibility index (Phi) is 4.86. The lowest BCUT2D eigenvalue weighted by atomic mass is 9.82. The third-order valence-electron chi connectivity index (χ3n) is 7.20. The van der Waals surface area contributed by atoms with Gasteiger partial charge < -0.3 is 4.57 Å². The van der Waals surface area contributed by atoms with Crippen LogP contribution in [0.3, 0.4) is 0 Å². The summed E-state index contributed by atoms with van der Waals surface area (Å²) in [5.74, 6) is 0.843. The molecule has 4 nitrogen and oxygen atoms in total. The van der Waals surface area contributed by atoms with E-state index in [-0.39, 0.29) is 5.56 Å². The van der Waals surface area contributed by atoms with Crippen molar-refractivity contribution in [2.24, 2.45) is 5.92 Å². The zero-order chi connectivity index (χ0) is 22.4. The number of nitriles is 1. The lowest BCUT2D eigenvalue weighted by molar-refractivity contribution is 0.114. The number of pyridine rings is 1. The minimum Gasteiger partial charge on any atom is -0.311 e. The van der Waals surface area contributed by atoms with Crippen LogP contribution in [0, 0.1) is 17.2 Å². The van der Waals surface area contributed by atoms with Crippen LogP contribution in [-0.4, -0.2) is 22.6 Å². The molecule has 3 heterocycles. The number of piperidine rings is 1. The number of likely N-dealkylation sites (tertiary alicyclic amines) is 1. The Morgan fingerprint density at radius 1 is 0.879 bits per heavy atom. The highest BCUT2D eigenvalue weighted by atomic mass is 16.1. The van der Waals surface area contributed by atoms with Gasteiger partial charge in [-0.25, -0.2) is 0 Å². The van der Waals surface area contributed by atoms with Crippen LogP contribution in [0.5, 0.6) is 0 Å². The van der Waals surface area contributed by atoms with Gasteiger partial charge in [0.25, 0.3) is 5.56 Å². The van der Waals surface area contributed by atoms with Gasteiger partial charge in [0.15, 0.2) is 0 Å². The summed E-state index contributed by atoms with van der Waals surface area (Å²) in [5, 5.41) is 11.5. The molecule has 0 saturated carbocycles. The first-order valence-corrected chi connectivity index (χ1v) is 11.6. The molecule has 0 N–H and O–H groups in total. The fourth-order valence-electron chi connectivity index (χ4n) is 5.75. The highest BCUT2D eigenvalue weighted by molar-refractivity contribution is 5.87. The zero-order valence-corrected chi connectivity index (χ0v) is 18.4. The molecule has 2 aliphatic heterocycles. The molecule has 2 atom stereocenters. The molecular weight excluding hydrogens is 406 g/mol. The van der Waals surface area contributed by atoms with Crippen LogP contribution >= 0.6 is 0 Å². The molecule has 1 fully saturated rings. The minimum atomic E-state index is 0.132. The van der Waals surface area contributed by atoms with Crippen molar-refractivity contribution in [1.29, 1.82) is 5.26 Å². The van der Waals surface area contributed by atoms with Crippen LogP contribution < -0.4 is 5.56 Å². The Bertz CT molecular complexity index is 1460. The van der Waals surface area contributed by atoms with Crippen LogP contribution in [0.15, 0.2) is 83.7 Å². The van der Waals surface area contributed by atoms with E-state index in [1.807, 2.05) is 41.0 Å². The van der Waals surface area contributed by atoms with E-state index in [0.717, 1.165) is 54.8 Å². The smallest absolute Gasteiger partial charge is 0.258 e. The molecule has 4 aromatic rings. The molecule has 1 aromatic heterocycles. The maximum absolute atomic E-state index is 13.5. The molecule has 6 rings (SSSR count). The van der Waals surface area contributed by atoms with E-state index in [1.165, 1.54) is 10.9 Å². The standard InChI is InChI=1S/C29H25N3O/c30-15-20-4-3-5-21(12-20)16-31-17-22-13-26(19-31)28-11-10-27(29(33)32(28)18-22)25-9-8-23-6-1-2-7-24(23)14-25/h1-12,14,22,26H,13,16-19H2/t22-,26-/m1/s1. The number of fused-ring (bicyclic) bond motifs is 5. The molecule has 2 bridgehead atoms. The molecule has 3 aromatic carbocycles. The second-order valence-electron chi connectivity index (χ2n) is 9.45. The van der Waals surface area contributed by atoms with Gasteiger partial charge in [0.1, 0.15) is 0 Å². The predicted octanol–water partition coefficient (Wildman–Crippen LogP) is 5.16. The Morgan fingerprint density at radius 3 is 2.64 bits per heavy atom. The third kappa shape index (κ3) is 3.65. The number of aromatic nitrogens is 1. The average molecular weight is 432 g/mol. The average Bonchev–Trinajstić information content (AvgIpc) is 2.84. The summed E-state index contributed by atoms with van der Waals surface area (Å²) in [5.41, 5.74) is 4.96. The van der Waals surface area contributed by atoms with Gasteiger partial charge in [-0.15, -0.1) is 0 Å². The SMILES string of the molecule is N#Cc1cccc(CN2C[C@H]3C[C@H](C2)c2ccc(-c4ccc5ccccc5c4)c(=O)n2C3)c1. The van der Waals surface area contributed by atoms with Gasteiger partial charge in [0.2, 0.25) is 0 Å². The van der Waals surface area contributed by atoms with Gasteiger partial charge in [-0.05, 0) is 64.6 Å². The summed E-state index contributed by atoms with van der Waals surface area (Å²) in [7, 11) is 0. The van der Waals surface area contributed by atoms with E-state index < -0.39 is 0 Å². The number of hydrogen-bond acceptors (Lipinski definition) is 3. The summed E-state index contributed by atoms with van der Waals surface area (Å²) >= 11 is 0. The van der Waals surface area contributed by atoms with Crippen molar-refractivity contribution in [3.8, 4) is 17.2 Å². The Balaban J connectivity index is 1.30. The molecule has 0 amide bonds. The quantitative estimate of drug-likeness (QED) is 0.450. The van der Waals surface area contributed by atoms with E-state index in [9.17, 15) is 10.1 Å². The number of hydrogen-bond donors (Lipinski definition) is 0. The fraction of sp³-hybridized carbons (Fsp3) is 0.241. The van der Waals surface area contributed by atoms with Gasteiger partial charge in [-0.1, -0.05) is 48.5 Å². The Hall–Kier alpha value is -3.68. The van der Waals surface area contributed by atoms with Crippen molar-refractivity contribution in [2.75, 3.05) is 13.1 Å². The summed E-state index contributed by atoms with van der Waals surface area (Å²) in [6.45, 7) is 3.56. The van der Waals surface area contributed by atoms with Crippen LogP contribution in [0.1, 0.15) is 29.2 Å². The number of rotatable bonds is 3. The molecule has 4 heteroatoms. The summed E-state index contributed by atoms with van der Waals surface area (Å²) in [4.78, 5) is 16.0. The second kappa shape index (κ2) is 8.03. The highest BCUT2D eigenvalue weighted by Crippen LogP contribution is 2.36. The van der Waals surface area contributed by atoms with Crippen molar-refractivity contribution in [3.63, 3.8) is 0 Å². The minimum absolute atomic E-state index is 0.132. The predicted molar refractivity (Wildman–Crippen MR) is 131 cm³/mol.